The molecule has 1 N–H and O–H groups in total. The Kier molecular flexibility index (Phi) is 5.48. The Bertz CT molecular complexity index is 1250. The number of hydrogen-bond acceptors (Lipinski definition) is 5. The Morgan fingerprint density at radius 2 is 2.13 bits per heavy atom. The van der Waals surface area contributed by atoms with E-state index in [1.807, 2.05) is 6.92 Å². The first-order valence-corrected chi connectivity index (χ1v) is 10.5. The smallest absolute Gasteiger partial charge is 0.343 e. The SMILES string of the molecule is CCn1nccc1[C@@H](C)NC(=O)c1nn2c(C(F)(F)F)cc(-c3cccs3)nc2c1Cl. The van der Waals surface area contributed by atoms with E-state index >= 15 is 0 Å². The zero-order chi connectivity index (χ0) is 22.3. The third-order valence-corrected chi connectivity index (χ3v) is 5.89. The average Bonchev–Trinajstić information content (AvgIpc) is 3.46. The molecule has 0 aliphatic heterocycles. The number of halogens is 4. The lowest BCUT2D eigenvalue weighted by atomic mass is 10.2. The number of amides is 1. The Labute approximate surface area is 183 Å². The van der Waals surface area contributed by atoms with Gasteiger partial charge in [0.05, 0.1) is 22.3 Å². The first kappa shape index (κ1) is 21.3. The van der Waals surface area contributed by atoms with Crippen molar-refractivity contribution in [3.05, 3.63) is 57.9 Å². The number of nitrogens with one attached hydrogen (secondary N) is 1. The first-order chi connectivity index (χ1) is 14.7. The summed E-state index contributed by atoms with van der Waals surface area (Å²) in [6.45, 7) is 4.24. The Morgan fingerprint density at radius 3 is 2.77 bits per heavy atom. The monoisotopic (exact) mass is 468 g/mol. The van der Waals surface area contributed by atoms with Crippen LogP contribution in [0.15, 0.2) is 35.8 Å². The Balaban J connectivity index is 1.77. The highest BCUT2D eigenvalue weighted by Gasteiger charge is 2.37. The van der Waals surface area contributed by atoms with Crippen LogP contribution in [0.4, 0.5) is 13.2 Å². The number of nitrogens with zero attached hydrogens (tertiary/aromatic N) is 5. The molecule has 0 aliphatic carbocycles. The summed E-state index contributed by atoms with van der Waals surface area (Å²) in [6, 6.07) is 5.54. The van der Waals surface area contributed by atoms with Gasteiger partial charge in [-0.2, -0.15) is 23.4 Å². The van der Waals surface area contributed by atoms with Crippen LogP contribution >= 0.6 is 22.9 Å². The lowest BCUT2D eigenvalue weighted by Crippen LogP contribution is -2.29. The Hall–Kier alpha value is -2.92. The van der Waals surface area contributed by atoms with Crippen molar-refractivity contribution < 1.29 is 18.0 Å². The molecule has 0 bridgehead atoms. The fraction of sp³-hybridized carbons (Fsp3) is 0.263. The summed E-state index contributed by atoms with van der Waals surface area (Å²) in [5.41, 5.74) is -0.804. The number of aryl methyl sites for hydroxylation is 1. The quantitative estimate of drug-likeness (QED) is 0.455. The predicted octanol–water partition coefficient (Wildman–Crippen LogP) is 4.84. The molecule has 4 rings (SSSR count). The molecular weight excluding hydrogens is 453 g/mol. The van der Waals surface area contributed by atoms with Crippen LogP contribution in [0.2, 0.25) is 5.02 Å². The van der Waals surface area contributed by atoms with Crippen molar-refractivity contribution in [2.75, 3.05) is 0 Å². The molecule has 0 saturated heterocycles. The third kappa shape index (κ3) is 3.90. The summed E-state index contributed by atoms with van der Waals surface area (Å²) in [5.74, 6) is -0.711. The third-order valence-electron chi connectivity index (χ3n) is 4.65. The standard InChI is InChI=1S/C19H16ClF3N6OS/c1-3-28-12(6-7-24-28)10(2)25-18(30)16-15(20)17-26-11(13-5-4-8-31-13)9-14(19(21,22)23)29(17)27-16/h4-10H,3H2,1-2H3,(H,25,30)/t10-/m1/s1. The number of aromatic nitrogens is 5. The molecule has 162 valence electrons. The summed E-state index contributed by atoms with van der Waals surface area (Å²) < 4.78 is 43.4. The minimum Gasteiger partial charge on any atom is -0.343 e. The first-order valence-electron chi connectivity index (χ1n) is 9.23. The van der Waals surface area contributed by atoms with E-state index < -0.39 is 23.8 Å². The van der Waals surface area contributed by atoms with E-state index in [9.17, 15) is 18.0 Å². The van der Waals surface area contributed by atoms with Gasteiger partial charge in [-0.05, 0) is 37.4 Å². The van der Waals surface area contributed by atoms with Crippen molar-refractivity contribution in [2.24, 2.45) is 0 Å². The summed E-state index contributed by atoms with van der Waals surface area (Å²) in [7, 11) is 0. The second-order valence-electron chi connectivity index (χ2n) is 6.67. The van der Waals surface area contributed by atoms with E-state index in [4.69, 9.17) is 11.6 Å². The van der Waals surface area contributed by atoms with Crippen LogP contribution in [0.25, 0.3) is 16.2 Å². The molecule has 0 aromatic carbocycles. The highest BCUT2D eigenvalue weighted by atomic mass is 35.5. The van der Waals surface area contributed by atoms with Crippen molar-refractivity contribution in [3.8, 4) is 10.6 Å². The zero-order valence-electron chi connectivity index (χ0n) is 16.3. The van der Waals surface area contributed by atoms with Gasteiger partial charge in [-0.1, -0.05) is 17.7 Å². The van der Waals surface area contributed by atoms with E-state index in [1.165, 1.54) is 11.3 Å². The van der Waals surface area contributed by atoms with Crippen LogP contribution < -0.4 is 5.32 Å². The van der Waals surface area contributed by atoms with E-state index in [0.717, 1.165) is 11.8 Å². The van der Waals surface area contributed by atoms with E-state index in [-0.39, 0.29) is 22.1 Å². The summed E-state index contributed by atoms with van der Waals surface area (Å²) in [5, 5.41) is 12.2. The molecule has 4 heterocycles. The molecule has 0 unspecified atom stereocenters. The number of rotatable bonds is 5. The summed E-state index contributed by atoms with van der Waals surface area (Å²) >= 11 is 7.53. The van der Waals surface area contributed by atoms with Crippen LogP contribution in [0.3, 0.4) is 0 Å². The van der Waals surface area contributed by atoms with Crippen molar-refractivity contribution in [1.82, 2.24) is 29.7 Å². The minimum atomic E-state index is -4.72. The van der Waals surface area contributed by atoms with Gasteiger partial charge in [0.15, 0.2) is 17.0 Å². The zero-order valence-corrected chi connectivity index (χ0v) is 17.9. The Morgan fingerprint density at radius 1 is 1.35 bits per heavy atom. The van der Waals surface area contributed by atoms with Gasteiger partial charge in [0.25, 0.3) is 5.91 Å². The van der Waals surface area contributed by atoms with E-state index in [1.54, 1.807) is 41.4 Å². The van der Waals surface area contributed by atoms with Gasteiger partial charge in [0.2, 0.25) is 0 Å². The fourth-order valence-corrected chi connectivity index (χ4v) is 4.14. The second kappa shape index (κ2) is 7.97. The van der Waals surface area contributed by atoms with Crippen LogP contribution in [0.5, 0.6) is 0 Å². The number of alkyl halides is 3. The normalized spacial score (nSPS) is 13.0. The fourth-order valence-electron chi connectivity index (χ4n) is 3.20. The molecule has 0 fully saturated rings. The molecule has 12 heteroatoms. The van der Waals surface area contributed by atoms with Gasteiger partial charge >= 0.3 is 6.18 Å². The molecule has 0 radical (unpaired) electrons. The molecule has 1 amide bonds. The molecule has 0 aliphatic rings. The molecule has 0 spiro atoms. The highest BCUT2D eigenvalue weighted by molar-refractivity contribution is 7.13. The topological polar surface area (TPSA) is 77.1 Å². The van der Waals surface area contributed by atoms with Gasteiger partial charge in [-0.3, -0.25) is 9.48 Å². The number of fused-ring (bicyclic) bond motifs is 1. The molecular formula is C19H16ClF3N6OS. The predicted molar refractivity (Wildman–Crippen MR) is 110 cm³/mol. The van der Waals surface area contributed by atoms with E-state index in [2.05, 4.69) is 20.5 Å². The maximum Gasteiger partial charge on any atom is 0.433 e. The molecule has 4 aromatic rings. The van der Waals surface area contributed by atoms with Gasteiger partial charge < -0.3 is 5.32 Å². The van der Waals surface area contributed by atoms with Gasteiger partial charge in [0, 0.05) is 12.7 Å². The maximum atomic E-state index is 13.7. The van der Waals surface area contributed by atoms with Crippen LogP contribution in [-0.4, -0.2) is 30.3 Å². The summed E-state index contributed by atoms with van der Waals surface area (Å²) in [4.78, 5) is 17.6. The minimum absolute atomic E-state index is 0.101. The maximum absolute atomic E-state index is 13.7. The van der Waals surface area contributed by atoms with Gasteiger partial charge in [-0.25, -0.2) is 9.50 Å². The molecule has 4 aromatic heterocycles. The lowest BCUT2D eigenvalue weighted by Gasteiger charge is -2.14. The van der Waals surface area contributed by atoms with Crippen LogP contribution in [-0.2, 0) is 12.7 Å². The summed E-state index contributed by atoms with van der Waals surface area (Å²) in [6.07, 6.45) is -3.12. The van der Waals surface area contributed by atoms with Crippen molar-refractivity contribution in [1.29, 1.82) is 0 Å². The average molecular weight is 469 g/mol. The molecule has 7 nitrogen and oxygen atoms in total. The van der Waals surface area contributed by atoms with Gasteiger partial charge in [0.1, 0.15) is 5.02 Å². The lowest BCUT2D eigenvalue weighted by molar-refractivity contribution is -0.142. The van der Waals surface area contributed by atoms with Crippen LogP contribution in [0, 0.1) is 0 Å². The molecule has 1 atom stereocenters. The highest BCUT2D eigenvalue weighted by Crippen LogP contribution is 2.35. The van der Waals surface area contributed by atoms with Crippen molar-refractivity contribution in [3.63, 3.8) is 0 Å². The van der Waals surface area contributed by atoms with E-state index in [0.29, 0.717) is 15.9 Å². The number of thiophene rings is 1. The van der Waals surface area contributed by atoms with Crippen molar-refractivity contribution >= 4 is 34.5 Å². The number of hydrogen-bond donors (Lipinski definition) is 1. The number of carbonyl (C=O) groups excluding carboxylic acids is 1. The molecule has 0 saturated carbocycles. The van der Waals surface area contributed by atoms with Crippen molar-refractivity contribution in [2.45, 2.75) is 32.6 Å². The largest absolute Gasteiger partial charge is 0.433 e. The second-order valence-corrected chi connectivity index (χ2v) is 7.99. The van der Waals surface area contributed by atoms with Gasteiger partial charge in [-0.15, -0.1) is 11.3 Å². The molecule has 31 heavy (non-hydrogen) atoms. The van der Waals surface area contributed by atoms with Crippen LogP contribution in [0.1, 0.15) is 41.8 Å². The number of carbonyl (C=O) groups is 1.